The van der Waals surface area contributed by atoms with Crippen LogP contribution in [0.3, 0.4) is 0 Å². The molecule has 0 atom stereocenters. The van der Waals surface area contributed by atoms with E-state index in [0.717, 1.165) is 5.69 Å². The fraction of sp³-hybridized carbons (Fsp3) is 0.0714. The van der Waals surface area contributed by atoms with E-state index in [0.29, 0.717) is 15.9 Å². The molecule has 100 valence electrons. The van der Waals surface area contributed by atoms with Gasteiger partial charge in [-0.15, -0.1) is 11.3 Å². The van der Waals surface area contributed by atoms with Crippen molar-refractivity contribution in [1.29, 1.82) is 0 Å². The lowest BCUT2D eigenvalue weighted by Gasteiger charge is -2.02. The molecule has 20 heavy (non-hydrogen) atoms. The number of nitrogens with zero attached hydrogens (tertiary/aromatic N) is 1. The van der Waals surface area contributed by atoms with Crippen molar-refractivity contribution in [2.75, 3.05) is 5.32 Å². The highest BCUT2D eigenvalue weighted by atomic mass is 32.1. The second kappa shape index (κ2) is 4.90. The minimum atomic E-state index is -0.524. The van der Waals surface area contributed by atoms with Gasteiger partial charge in [-0.05, 0) is 24.4 Å². The zero-order valence-electron chi connectivity index (χ0n) is 10.5. The van der Waals surface area contributed by atoms with Gasteiger partial charge in [0.05, 0.1) is 11.1 Å². The molecule has 0 aliphatic carbocycles. The van der Waals surface area contributed by atoms with Crippen molar-refractivity contribution in [2.24, 2.45) is 0 Å². The summed E-state index contributed by atoms with van der Waals surface area (Å²) >= 11 is 1.32. The number of carbonyl (C=O) groups excluding carboxylic acids is 1. The highest BCUT2D eigenvalue weighted by Gasteiger charge is 2.13. The summed E-state index contributed by atoms with van der Waals surface area (Å²) in [5.41, 5.74) is 0.300. The maximum Gasteiger partial charge on any atom is 0.344 e. The van der Waals surface area contributed by atoms with E-state index < -0.39 is 11.5 Å². The molecule has 3 rings (SSSR count). The third-order valence-corrected chi connectivity index (χ3v) is 3.61. The van der Waals surface area contributed by atoms with Gasteiger partial charge in [0.1, 0.15) is 0 Å². The van der Waals surface area contributed by atoms with Crippen LogP contribution < -0.4 is 10.9 Å². The Morgan fingerprint density at radius 1 is 1.35 bits per heavy atom. The van der Waals surface area contributed by atoms with Gasteiger partial charge in [-0.2, -0.15) is 0 Å². The van der Waals surface area contributed by atoms with E-state index in [1.165, 1.54) is 11.3 Å². The molecule has 0 spiro atoms. The first-order valence-electron chi connectivity index (χ1n) is 5.90. The Bertz CT molecular complexity index is 851. The molecule has 3 aromatic rings. The summed E-state index contributed by atoms with van der Waals surface area (Å²) in [6, 6.07) is 8.52. The number of benzene rings is 1. The lowest BCUT2D eigenvalue weighted by Crippen LogP contribution is -2.14. The van der Waals surface area contributed by atoms with Crippen molar-refractivity contribution in [1.82, 2.24) is 4.98 Å². The highest BCUT2D eigenvalue weighted by Crippen LogP contribution is 2.17. The molecule has 0 saturated carbocycles. The van der Waals surface area contributed by atoms with Crippen LogP contribution in [0.25, 0.3) is 10.8 Å². The Hall–Kier alpha value is -2.47. The maximum absolute atomic E-state index is 12.0. The zero-order valence-corrected chi connectivity index (χ0v) is 11.4. The van der Waals surface area contributed by atoms with E-state index in [1.807, 2.05) is 12.3 Å². The van der Waals surface area contributed by atoms with Crippen LogP contribution in [0, 0.1) is 6.92 Å². The van der Waals surface area contributed by atoms with Crippen molar-refractivity contribution in [3.63, 3.8) is 0 Å². The van der Waals surface area contributed by atoms with Crippen LogP contribution in [-0.4, -0.2) is 10.9 Å². The monoisotopic (exact) mass is 286 g/mol. The first kappa shape index (κ1) is 12.6. The summed E-state index contributed by atoms with van der Waals surface area (Å²) in [4.78, 5) is 28.0. The van der Waals surface area contributed by atoms with Crippen molar-refractivity contribution in [3.8, 4) is 0 Å². The van der Waals surface area contributed by atoms with E-state index in [4.69, 9.17) is 4.42 Å². The summed E-state index contributed by atoms with van der Waals surface area (Å²) < 4.78 is 5.04. The fourth-order valence-corrected chi connectivity index (χ4v) is 2.50. The molecular weight excluding hydrogens is 276 g/mol. The van der Waals surface area contributed by atoms with Crippen molar-refractivity contribution < 1.29 is 9.21 Å². The summed E-state index contributed by atoms with van der Waals surface area (Å²) in [5.74, 6) is -0.510. The Morgan fingerprint density at radius 2 is 2.15 bits per heavy atom. The van der Waals surface area contributed by atoms with Crippen LogP contribution in [0.15, 0.2) is 44.9 Å². The number of hydrogen-bond acceptors (Lipinski definition) is 5. The summed E-state index contributed by atoms with van der Waals surface area (Å²) in [5, 5.41) is 6.03. The van der Waals surface area contributed by atoms with Gasteiger partial charge in [0.2, 0.25) is 0 Å². The standard InChI is InChI=1S/C14H10N2O3S/c1-8-7-20-14(15-8)16-12(17)11-6-9-4-2-3-5-10(9)13(18)19-11/h2-7H,1H3,(H,15,16,17). The Kier molecular flexibility index (Phi) is 3.08. The number of aromatic nitrogens is 1. The lowest BCUT2D eigenvalue weighted by molar-refractivity contribution is 0.0993. The molecule has 0 radical (unpaired) electrons. The summed E-state index contributed by atoms with van der Waals surface area (Å²) in [7, 11) is 0. The molecule has 1 aromatic carbocycles. The minimum Gasteiger partial charge on any atom is -0.417 e. The molecule has 0 aliphatic rings. The second-order valence-corrected chi connectivity index (χ2v) is 5.09. The molecule has 0 saturated heterocycles. The molecule has 1 N–H and O–H groups in total. The van der Waals surface area contributed by atoms with Crippen molar-refractivity contribution >= 4 is 33.1 Å². The van der Waals surface area contributed by atoms with Gasteiger partial charge in [0.15, 0.2) is 10.9 Å². The third-order valence-electron chi connectivity index (χ3n) is 2.73. The highest BCUT2D eigenvalue weighted by molar-refractivity contribution is 7.13. The van der Waals surface area contributed by atoms with Crippen LogP contribution >= 0.6 is 11.3 Å². The molecule has 6 heteroatoms. The summed E-state index contributed by atoms with van der Waals surface area (Å²) in [6.07, 6.45) is 0. The van der Waals surface area contributed by atoms with Crippen molar-refractivity contribution in [2.45, 2.75) is 6.92 Å². The predicted molar refractivity (Wildman–Crippen MR) is 77.3 cm³/mol. The number of nitrogens with one attached hydrogen (secondary N) is 1. The average Bonchev–Trinajstić information content (AvgIpc) is 2.84. The lowest BCUT2D eigenvalue weighted by atomic mass is 10.1. The first-order chi connectivity index (χ1) is 9.63. The molecule has 0 fully saturated rings. The number of rotatable bonds is 2. The van der Waals surface area contributed by atoms with E-state index >= 15 is 0 Å². The van der Waals surface area contributed by atoms with Crippen LogP contribution in [-0.2, 0) is 0 Å². The Balaban J connectivity index is 1.97. The summed E-state index contributed by atoms with van der Waals surface area (Å²) in [6.45, 7) is 1.84. The Labute approximate surface area is 117 Å². The molecule has 0 aliphatic heterocycles. The smallest absolute Gasteiger partial charge is 0.344 e. The number of thiazole rings is 1. The number of anilines is 1. The van der Waals surface area contributed by atoms with Crippen LogP contribution in [0.1, 0.15) is 16.2 Å². The molecule has 2 aromatic heterocycles. The minimum absolute atomic E-state index is 0.0263. The number of hydrogen-bond donors (Lipinski definition) is 1. The third kappa shape index (κ3) is 2.33. The zero-order chi connectivity index (χ0) is 14.1. The van der Waals surface area contributed by atoms with Crippen LogP contribution in [0.4, 0.5) is 5.13 Å². The molecule has 1 amide bonds. The number of aryl methyl sites for hydroxylation is 1. The van der Waals surface area contributed by atoms with Crippen LogP contribution in [0.2, 0.25) is 0 Å². The van der Waals surface area contributed by atoms with Crippen molar-refractivity contribution in [3.05, 3.63) is 57.6 Å². The van der Waals surface area contributed by atoms with E-state index in [9.17, 15) is 9.59 Å². The molecule has 5 nitrogen and oxygen atoms in total. The SMILES string of the molecule is Cc1csc(NC(=O)c2cc3ccccc3c(=O)o2)n1. The van der Waals surface area contributed by atoms with E-state index in [2.05, 4.69) is 10.3 Å². The van der Waals surface area contributed by atoms with Crippen LogP contribution in [0.5, 0.6) is 0 Å². The normalized spacial score (nSPS) is 10.7. The fourth-order valence-electron chi connectivity index (χ4n) is 1.82. The van der Waals surface area contributed by atoms with Gasteiger partial charge in [0, 0.05) is 5.38 Å². The molecule has 2 heterocycles. The van der Waals surface area contributed by atoms with E-state index in [1.54, 1.807) is 30.3 Å². The van der Waals surface area contributed by atoms with Gasteiger partial charge >= 0.3 is 5.63 Å². The predicted octanol–water partition coefficient (Wildman–Crippen LogP) is 2.81. The van der Waals surface area contributed by atoms with Gasteiger partial charge in [0.25, 0.3) is 5.91 Å². The van der Waals surface area contributed by atoms with Gasteiger partial charge < -0.3 is 4.42 Å². The largest absolute Gasteiger partial charge is 0.417 e. The number of carbonyl (C=O) groups is 1. The molecule has 0 bridgehead atoms. The molecular formula is C14H10N2O3S. The Morgan fingerprint density at radius 3 is 2.90 bits per heavy atom. The number of amides is 1. The average molecular weight is 286 g/mol. The topological polar surface area (TPSA) is 72.2 Å². The molecule has 0 unspecified atom stereocenters. The number of fused-ring (bicyclic) bond motifs is 1. The van der Waals surface area contributed by atoms with Gasteiger partial charge in [-0.3, -0.25) is 10.1 Å². The second-order valence-electron chi connectivity index (χ2n) is 4.23. The quantitative estimate of drug-likeness (QED) is 0.786. The van der Waals surface area contributed by atoms with Gasteiger partial charge in [-0.1, -0.05) is 18.2 Å². The van der Waals surface area contributed by atoms with Gasteiger partial charge in [-0.25, -0.2) is 9.78 Å². The maximum atomic E-state index is 12.0. The first-order valence-corrected chi connectivity index (χ1v) is 6.78. The van der Waals surface area contributed by atoms with E-state index in [-0.39, 0.29) is 5.76 Å².